The molecule has 1 aliphatic heterocycles. The number of benzene rings is 1. The summed E-state index contributed by atoms with van der Waals surface area (Å²) in [6.45, 7) is 1.19. The van der Waals surface area contributed by atoms with Crippen molar-refractivity contribution in [1.82, 2.24) is 0 Å². The summed E-state index contributed by atoms with van der Waals surface area (Å²) in [6.07, 6.45) is 0. The number of hydrogen-bond acceptors (Lipinski definition) is 3. The number of rotatable bonds is 2. The van der Waals surface area contributed by atoms with E-state index < -0.39 is 6.03 Å². The van der Waals surface area contributed by atoms with E-state index in [-0.39, 0.29) is 12.5 Å². The lowest BCUT2D eigenvalue weighted by Gasteiger charge is -2.26. The molecule has 1 heterocycles. The highest BCUT2D eigenvalue weighted by Crippen LogP contribution is 2.19. The molecule has 1 aromatic carbocycles. The van der Waals surface area contributed by atoms with Gasteiger partial charge in [-0.3, -0.25) is 4.79 Å². The van der Waals surface area contributed by atoms with E-state index in [4.69, 9.17) is 10.5 Å². The van der Waals surface area contributed by atoms with Crippen LogP contribution in [0.1, 0.15) is 0 Å². The van der Waals surface area contributed by atoms with Crippen LogP contribution in [-0.2, 0) is 9.53 Å². The van der Waals surface area contributed by atoms with E-state index in [1.54, 1.807) is 29.2 Å². The number of ether oxygens (including phenoxy) is 1. The second kappa shape index (κ2) is 4.84. The van der Waals surface area contributed by atoms with E-state index in [0.717, 1.165) is 5.69 Å². The predicted molar refractivity (Wildman–Crippen MR) is 62.8 cm³/mol. The Morgan fingerprint density at radius 1 is 1.35 bits per heavy atom. The fourth-order valence-corrected chi connectivity index (χ4v) is 1.66. The summed E-state index contributed by atoms with van der Waals surface area (Å²) < 4.78 is 5.05. The van der Waals surface area contributed by atoms with Gasteiger partial charge in [-0.1, -0.05) is 0 Å². The van der Waals surface area contributed by atoms with Gasteiger partial charge in [0, 0.05) is 17.9 Å². The minimum absolute atomic E-state index is 0.0631. The quantitative estimate of drug-likeness (QED) is 0.784. The third-order valence-electron chi connectivity index (χ3n) is 2.43. The van der Waals surface area contributed by atoms with Gasteiger partial charge < -0.3 is 20.7 Å². The number of carbonyl (C=O) groups excluding carboxylic acids is 2. The zero-order valence-corrected chi connectivity index (χ0v) is 9.18. The van der Waals surface area contributed by atoms with E-state index in [1.165, 1.54) is 0 Å². The van der Waals surface area contributed by atoms with Crippen LogP contribution in [0.15, 0.2) is 24.3 Å². The molecule has 3 N–H and O–H groups in total. The number of amides is 3. The molecular weight excluding hydrogens is 222 g/mol. The lowest BCUT2D eigenvalue weighted by Crippen LogP contribution is -2.41. The van der Waals surface area contributed by atoms with Crippen LogP contribution in [0, 0.1) is 0 Å². The van der Waals surface area contributed by atoms with Crippen LogP contribution in [0.4, 0.5) is 16.2 Å². The van der Waals surface area contributed by atoms with Crippen LogP contribution in [0.3, 0.4) is 0 Å². The Labute approximate surface area is 98.3 Å². The van der Waals surface area contributed by atoms with Gasteiger partial charge in [-0.15, -0.1) is 0 Å². The molecule has 0 unspecified atom stereocenters. The third kappa shape index (κ3) is 2.73. The van der Waals surface area contributed by atoms with Crippen LogP contribution >= 0.6 is 0 Å². The van der Waals surface area contributed by atoms with Gasteiger partial charge in [0.25, 0.3) is 5.91 Å². The number of nitrogens with zero attached hydrogens (tertiary/aromatic N) is 1. The van der Waals surface area contributed by atoms with Crippen LogP contribution in [0.5, 0.6) is 0 Å². The van der Waals surface area contributed by atoms with Crippen molar-refractivity contribution in [1.29, 1.82) is 0 Å². The SMILES string of the molecule is NC(=O)Nc1ccc(N2CCOCC2=O)cc1. The van der Waals surface area contributed by atoms with Crippen molar-refractivity contribution in [3.05, 3.63) is 24.3 Å². The fourth-order valence-electron chi connectivity index (χ4n) is 1.66. The first-order valence-corrected chi connectivity index (χ1v) is 5.21. The number of urea groups is 1. The summed E-state index contributed by atoms with van der Waals surface area (Å²) in [5.41, 5.74) is 6.38. The van der Waals surface area contributed by atoms with Crippen LogP contribution in [0.2, 0.25) is 0 Å². The standard InChI is InChI=1S/C11H13N3O3/c12-11(16)13-8-1-3-9(4-2-8)14-5-6-17-7-10(14)15/h1-4H,5-7H2,(H3,12,13,16). The van der Waals surface area contributed by atoms with E-state index in [1.807, 2.05) is 0 Å². The fraction of sp³-hybridized carbons (Fsp3) is 0.273. The van der Waals surface area contributed by atoms with Gasteiger partial charge in [0.05, 0.1) is 6.61 Å². The molecule has 90 valence electrons. The molecule has 0 spiro atoms. The largest absolute Gasteiger partial charge is 0.370 e. The molecule has 6 nitrogen and oxygen atoms in total. The molecule has 17 heavy (non-hydrogen) atoms. The van der Waals surface area contributed by atoms with Gasteiger partial charge in [-0.05, 0) is 24.3 Å². The monoisotopic (exact) mass is 235 g/mol. The Balaban J connectivity index is 2.11. The Hall–Kier alpha value is -2.08. The highest BCUT2D eigenvalue weighted by Gasteiger charge is 2.19. The summed E-state index contributed by atoms with van der Waals surface area (Å²) in [5.74, 6) is -0.0631. The second-order valence-corrected chi connectivity index (χ2v) is 3.63. The Kier molecular flexibility index (Phi) is 3.24. The van der Waals surface area contributed by atoms with E-state index in [2.05, 4.69) is 5.32 Å². The molecule has 2 rings (SSSR count). The average Bonchev–Trinajstić information content (AvgIpc) is 2.30. The van der Waals surface area contributed by atoms with E-state index >= 15 is 0 Å². The van der Waals surface area contributed by atoms with Crippen LogP contribution in [-0.4, -0.2) is 31.7 Å². The third-order valence-corrected chi connectivity index (χ3v) is 2.43. The first-order chi connectivity index (χ1) is 8.16. The molecule has 1 aliphatic rings. The minimum atomic E-state index is -0.611. The molecule has 0 saturated carbocycles. The number of anilines is 2. The van der Waals surface area contributed by atoms with Crippen molar-refractivity contribution in [2.75, 3.05) is 30.0 Å². The predicted octanol–water partition coefficient (Wildman–Crippen LogP) is 0.540. The molecule has 0 radical (unpaired) electrons. The zero-order chi connectivity index (χ0) is 12.3. The van der Waals surface area contributed by atoms with Gasteiger partial charge >= 0.3 is 6.03 Å². The van der Waals surface area contributed by atoms with Gasteiger partial charge in [-0.25, -0.2) is 4.79 Å². The van der Waals surface area contributed by atoms with E-state index in [0.29, 0.717) is 18.8 Å². The Morgan fingerprint density at radius 2 is 2.06 bits per heavy atom. The van der Waals surface area contributed by atoms with Crippen LogP contribution < -0.4 is 16.0 Å². The molecule has 0 bridgehead atoms. The molecule has 6 heteroatoms. The lowest BCUT2D eigenvalue weighted by atomic mass is 10.2. The highest BCUT2D eigenvalue weighted by atomic mass is 16.5. The van der Waals surface area contributed by atoms with Crippen molar-refractivity contribution in [2.45, 2.75) is 0 Å². The maximum absolute atomic E-state index is 11.6. The van der Waals surface area contributed by atoms with Gasteiger partial charge in [0.1, 0.15) is 6.61 Å². The number of carbonyl (C=O) groups is 2. The first-order valence-electron chi connectivity index (χ1n) is 5.21. The maximum atomic E-state index is 11.6. The summed E-state index contributed by atoms with van der Waals surface area (Å²) >= 11 is 0. The summed E-state index contributed by atoms with van der Waals surface area (Å²) in [4.78, 5) is 23.9. The lowest BCUT2D eigenvalue weighted by molar-refractivity contribution is -0.125. The minimum Gasteiger partial charge on any atom is -0.370 e. The topological polar surface area (TPSA) is 84.7 Å². The molecule has 3 amide bonds. The molecule has 0 aliphatic carbocycles. The van der Waals surface area contributed by atoms with Crippen molar-refractivity contribution < 1.29 is 14.3 Å². The summed E-state index contributed by atoms with van der Waals surface area (Å²) in [6, 6.07) is 6.30. The molecule has 0 aromatic heterocycles. The average molecular weight is 235 g/mol. The normalized spacial score (nSPS) is 15.8. The highest BCUT2D eigenvalue weighted by molar-refractivity contribution is 5.95. The Bertz CT molecular complexity index is 430. The van der Waals surface area contributed by atoms with Crippen LogP contribution in [0.25, 0.3) is 0 Å². The molecule has 1 aromatic rings. The van der Waals surface area contributed by atoms with Crippen molar-refractivity contribution in [2.24, 2.45) is 5.73 Å². The van der Waals surface area contributed by atoms with E-state index in [9.17, 15) is 9.59 Å². The summed E-state index contributed by atoms with van der Waals surface area (Å²) in [7, 11) is 0. The molecule has 1 saturated heterocycles. The maximum Gasteiger partial charge on any atom is 0.316 e. The van der Waals surface area contributed by atoms with Crippen molar-refractivity contribution >= 4 is 23.3 Å². The second-order valence-electron chi connectivity index (χ2n) is 3.63. The zero-order valence-electron chi connectivity index (χ0n) is 9.18. The number of nitrogens with one attached hydrogen (secondary N) is 1. The number of hydrogen-bond donors (Lipinski definition) is 2. The summed E-state index contributed by atoms with van der Waals surface area (Å²) in [5, 5.41) is 2.46. The van der Waals surface area contributed by atoms with Gasteiger partial charge in [-0.2, -0.15) is 0 Å². The van der Waals surface area contributed by atoms with Gasteiger partial charge in [0.15, 0.2) is 0 Å². The molecule has 1 fully saturated rings. The molecular formula is C11H13N3O3. The Morgan fingerprint density at radius 3 is 2.65 bits per heavy atom. The number of morpholine rings is 1. The first kappa shape index (κ1) is 11.4. The smallest absolute Gasteiger partial charge is 0.316 e. The van der Waals surface area contributed by atoms with Crippen molar-refractivity contribution in [3.63, 3.8) is 0 Å². The number of nitrogens with two attached hydrogens (primary N) is 1. The van der Waals surface area contributed by atoms with Crippen molar-refractivity contribution in [3.8, 4) is 0 Å². The molecule has 0 atom stereocenters. The number of primary amides is 1. The van der Waals surface area contributed by atoms with Gasteiger partial charge in [0.2, 0.25) is 0 Å².